The Bertz CT molecular complexity index is 206. The van der Waals surface area contributed by atoms with Gasteiger partial charge in [0, 0.05) is 6.20 Å². The van der Waals surface area contributed by atoms with E-state index in [0.717, 1.165) is 14.2 Å². The van der Waals surface area contributed by atoms with E-state index in [0.29, 0.717) is 0 Å². The zero-order valence-electron chi connectivity index (χ0n) is 5.75. The van der Waals surface area contributed by atoms with E-state index in [-0.39, 0.29) is 0 Å². The Balaban J connectivity index is 2.03. The summed E-state index contributed by atoms with van der Waals surface area (Å²) in [4.78, 5) is 4.27. The molecule has 1 aromatic heterocycles. The van der Waals surface area contributed by atoms with Gasteiger partial charge in [-0.25, -0.2) is 0 Å². The van der Waals surface area contributed by atoms with Crippen LogP contribution in [0.4, 0.5) is 0 Å². The number of pyridine rings is 1. The second-order valence-corrected chi connectivity index (χ2v) is 4.25. The van der Waals surface area contributed by atoms with Gasteiger partial charge in [-0.1, -0.05) is 14.6 Å². The molecule has 2 rings (SSSR count). The monoisotopic (exact) mass is 151 g/mol. The first-order valence-electron chi connectivity index (χ1n) is 3.63. The Kier molecular flexibility index (Phi) is 1.68. The lowest BCUT2D eigenvalue weighted by molar-refractivity contribution is 1.38. The molecule has 0 aromatic carbocycles. The van der Waals surface area contributed by atoms with Crippen LogP contribution in [-0.2, 0) is 0 Å². The van der Waals surface area contributed by atoms with Crippen LogP contribution in [0.1, 0.15) is 12.8 Å². The van der Waals surface area contributed by atoms with Crippen molar-refractivity contribution in [3.05, 3.63) is 24.4 Å². The number of hydrogen-bond donors (Lipinski definition) is 0. The third-order valence-corrected chi connectivity index (χ3v) is 3.17. The first kappa shape index (κ1) is 6.30. The van der Waals surface area contributed by atoms with E-state index in [1.165, 1.54) is 18.3 Å². The van der Waals surface area contributed by atoms with Crippen LogP contribution < -0.4 is 5.44 Å². The zero-order valence-corrected chi connectivity index (χ0v) is 6.75. The summed E-state index contributed by atoms with van der Waals surface area (Å²) in [7, 11) is 0.961. The molecule has 1 aliphatic rings. The Morgan fingerprint density at radius 3 is 2.90 bits per heavy atom. The largest absolute Gasteiger partial charge is 0.257 e. The van der Waals surface area contributed by atoms with E-state index in [4.69, 9.17) is 0 Å². The number of nitrogens with zero attached hydrogens (tertiary/aromatic N) is 1. The molecule has 52 valence electrons. The molecule has 0 aliphatic heterocycles. The Labute approximate surface area is 62.7 Å². The van der Waals surface area contributed by atoms with Crippen molar-refractivity contribution < 1.29 is 0 Å². The molecule has 0 amide bonds. The summed E-state index contributed by atoms with van der Waals surface area (Å²) in [5, 5.41) is 0. The topological polar surface area (TPSA) is 12.9 Å². The quantitative estimate of drug-likeness (QED) is 0.584. The maximum Gasteiger partial charge on any atom is 0.0602 e. The molecular weight excluding hydrogens is 141 g/mol. The van der Waals surface area contributed by atoms with Gasteiger partial charge in [-0.3, -0.25) is 4.98 Å². The van der Waals surface area contributed by atoms with Gasteiger partial charge in [-0.05, 0) is 30.6 Å². The van der Waals surface area contributed by atoms with Crippen LogP contribution in [0.25, 0.3) is 0 Å². The highest BCUT2D eigenvalue weighted by atomic mass is 31.1. The molecule has 2 heteroatoms. The van der Waals surface area contributed by atoms with Crippen LogP contribution in [0.3, 0.4) is 0 Å². The van der Waals surface area contributed by atoms with Crippen molar-refractivity contribution in [3.63, 3.8) is 0 Å². The van der Waals surface area contributed by atoms with Gasteiger partial charge in [0.05, 0.1) is 5.44 Å². The maximum atomic E-state index is 4.27. The second-order valence-electron chi connectivity index (χ2n) is 2.63. The van der Waals surface area contributed by atoms with Crippen LogP contribution >= 0.6 is 8.58 Å². The van der Waals surface area contributed by atoms with Crippen LogP contribution in [0.5, 0.6) is 0 Å². The molecule has 1 saturated carbocycles. The number of rotatable bonds is 2. The molecule has 0 bridgehead atoms. The highest BCUT2D eigenvalue weighted by Crippen LogP contribution is 2.37. The van der Waals surface area contributed by atoms with E-state index in [1.807, 2.05) is 12.3 Å². The van der Waals surface area contributed by atoms with Gasteiger partial charge in [0.25, 0.3) is 0 Å². The van der Waals surface area contributed by atoms with Crippen molar-refractivity contribution in [1.82, 2.24) is 4.98 Å². The Morgan fingerprint density at radius 1 is 1.40 bits per heavy atom. The predicted octanol–water partition coefficient (Wildman–Crippen LogP) is 1.55. The van der Waals surface area contributed by atoms with Crippen LogP contribution in [-0.4, -0.2) is 10.6 Å². The first-order chi connectivity index (χ1) is 4.95. The normalized spacial score (nSPS) is 18.4. The molecule has 1 atom stereocenters. The zero-order chi connectivity index (χ0) is 6.81. The minimum atomic E-state index is 0.961. The van der Waals surface area contributed by atoms with E-state index < -0.39 is 0 Å². The minimum absolute atomic E-state index is 0.961. The fourth-order valence-electron chi connectivity index (χ4n) is 0.885. The van der Waals surface area contributed by atoms with Crippen molar-refractivity contribution in [2.75, 3.05) is 0 Å². The molecule has 1 heterocycles. The third kappa shape index (κ3) is 1.54. The molecule has 0 spiro atoms. The number of hydrogen-bond acceptors (Lipinski definition) is 1. The third-order valence-electron chi connectivity index (χ3n) is 1.59. The molecule has 0 radical (unpaired) electrons. The lowest BCUT2D eigenvalue weighted by atomic mass is 10.5. The smallest absolute Gasteiger partial charge is 0.0602 e. The van der Waals surface area contributed by atoms with E-state index in [1.54, 1.807) is 0 Å². The summed E-state index contributed by atoms with van der Waals surface area (Å²) in [6.45, 7) is 0. The van der Waals surface area contributed by atoms with Crippen LogP contribution in [0.2, 0.25) is 0 Å². The fraction of sp³-hybridized carbons (Fsp3) is 0.375. The SMILES string of the molecule is c1ccc(PC2CC2)nc1. The fourth-order valence-corrected chi connectivity index (χ4v) is 2.10. The van der Waals surface area contributed by atoms with Crippen molar-refractivity contribution in [2.45, 2.75) is 18.5 Å². The standard InChI is InChI=1S/C8H10NP/c1-2-6-9-8(3-1)10-7-4-5-7/h1-3,6-7,10H,4-5H2. The molecule has 1 aromatic rings. The molecule has 1 unspecified atom stereocenters. The lowest BCUT2D eigenvalue weighted by Gasteiger charge is -1.94. The van der Waals surface area contributed by atoms with Gasteiger partial charge < -0.3 is 0 Å². The predicted molar refractivity (Wildman–Crippen MR) is 45.2 cm³/mol. The van der Waals surface area contributed by atoms with Crippen molar-refractivity contribution in [1.29, 1.82) is 0 Å². The molecule has 0 saturated heterocycles. The van der Waals surface area contributed by atoms with Crippen LogP contribution in [0, 0.1) is 0 Å². The van der Waals surface area contributed by atoms with Gasteiger partial charge in [0.2, 0.25) is 0 Å². The van der Waals surface area contributed by atoms with E-state index in [2.05, 4.69) is 17.1 Å². The first-order valence-corrected chi connectivity index (χ1v) is 4.70. The van der Waals surface area contributed by atoms with Crippen molar-refractivity contribution >= 4 is 14.0 Å². The minimum Gasteiger partial charge on any atom is -0.257 e. The summed E-state index contributed by atoms with van der Waals surface area (Å²) in [5.74, 6) is 0. The molecule has 10 heavy (non-hydrogen) atoms. The Morgan fingerprint density at radius 2 is 2.30 bits per heavy atom. The number of aromatic nitrogens is 1. The summed E-state index contributed by atoms with van der Waals surface area (Å²) in [6, 6.07) is 6.16. The highest BCUT2D eigenvalue weighted by Gasteiger charge is 2.21. The van der Waals surface area contributed by atoms with Crippen molar-refractivity contribution in [3.8, 4) is 0 Å². The lowest BCUT2D eigenvalue weighted by Crippen LogP contribution is -1.98. The molecule has 1 aliphatic carbocycles. The summed E-state index contributed by atoms with van der Waals surface area (Å²) >= 11 is 0. The molecule has 1 nitrogen and oxygen atoms in total. The average Bonchev–Trinajstić information content (AvgIpc) is 2.74. The van der Waals surface area contributed by atoms with Gasteiger partial charge >= 0.3 is 0 Å². The summed E-state index contributed by atoms with van der Waals surface area (Å²) in [5.41, 5.74) is 2.26. The summed E-state index contributed by atoms with van der Waals surface area (Å²) in [6.07, 6.45) is 4.73. The highest BCUT2D eigenvalue weighted by molar-refractivity contribution is 7.48. The van der Waals surface area contributed by atoms with E-state index >= 15 is 0 Å². The average molecular weight is 151 g/mol. The molecule has 0 N–H and O–H groups in total. The van der Waals surface area contributed by atoms with Gasteiger partial charge in [-0.15, -0.1) is 0 Å². The van der Waals surface area contributed by atoms with Gasteiger partial charge in [-0.2, -0.15) is 0 Å². The second kappa shape index (κ2) is 2.67. The van der Waals surface area contributed by atoms with Gasteiger partial charge in [0.15, 0.2) is 0 Å². The maximum absolute atomic E-state index is 4.27. The van der Waals surface area contributed by atoms with Crippen molar-refractivity contribution in [2.24, 2.45) is 0 Å². The molecule has 1 fully saturated rings. The van der Waals surface area contributed by atoms with E-state index in [9.17, 15) is 0 Å². The Hall–Kier alpha value is -0.420. The van der Waals surface area contributed by atoms with Gasteiger partial charge in [0.1, 0.15) is 0 Å². The molecular formula is C8H10NP. The van der Waals surface area contributed by atoms with Crippen LogP contribution in [0.15, 0.2) is 24.4 Å². The summed E-state index contributed by atoms with van der Waals surface area (Å²) < 4.78 is 0.